The Labute approximate surface area is 110 Å². The lowest BCUT2D eigenvalue weighted by atomic mass is 10.3. The highest BCUT2D eigenvalue weighted by molar-refractivity contribution is 7.14. The summed E-state index contributed by atoms with van der Waals surface area (Å²) >= 11 is 1.21. The predicted molar refractivity (Wildman–Crippen MR) is 69.5 cm³/mol. The van der Waals surface area contributed by atoms with Crippen molar-refractivity contribution in [2.45, 2.75) is 26.7 Å². The van der Waals surface area contributed by atoms with Gasteiger partial charge >= 0.3 is 5.97 Å². The lowest BCUT2D eigenvalue weighted by Gasteiger charge is -2.05. The van der Waals surface area contributed by atoms with Gasteiger partial charge in [0.25, 0.3) is 0 Å². The van der Waals surface area contributed by atoms with Gasteiger partial charge in [0.1, 0.15) is 5.75 Å². The molecule has 0 aromatic carbocycles. The molecular weight excluding hydrogens is 254 g/mol. The second-order valence-electron chi connectivity index (χ2n) is 3.62. The number of carbonyl (C=O) groups excluding carboxylic acids is 1. The van der Waals surface area contributed by atoms with Crippen LogP contribution >= 0.6 is 11.3 Å². The highest BCUT2D eigenvalue weighted by Crippen LogP contribution is 2.29. The number of hydrogen-bond acceptors (Lipinski definition) is 4. The van der Waals surface area contributed by atoms with Gasteiger partial charge in [-0.15, -0.1) is 11.3 Å². The van der Waals surface area contributed by atoms with E-state index in [1.807, 2.05) is 13.8 Å². The van der Waals surface area contributed by atoms with E-state index in [1.165, 1.54) is 11.3 Å². The molecule has 0 unspecified atom stereocenters. The smallest absolute Gasteiger partial charge is 0.349 e. The van der Waals surface area contributed by atoms with Gasteiger partial charge in [-0.3, -0.25) is 4.79 Å². The average Bonchev–Trinajstić information content (AvgIpc) is 2.73. The lowest BCUT2D eigenvalue weighted by molar-refractivity contribution is -0.121. The maximum absolute atomic E-state index is 11.2. The summed E-state index contributed by atoms with van der Waals surface area (Å²) in [5.74, 6) is -0.735. The van der Waals surface area contributed by atoms with E-state index >= 15 is 0 Å². The molecule has 1 heterocycles. The van der Waals surface area contributed by atoms with Crippen LogP contribution in [0.4, 0.5) is 0 Å². The summed E-state index contributed by atoms with van der Waals surface area (Å²) in [5, 5.41) is 11.7. The SMILES string of the molecule is CCNC(=O)CCOc1cc(CC)sc1C(=O)O. The average molecular weight is 271 g/mol. The number of thiophene rings is 1. The van der Waals surface area contributed by atoms with Gasteiger partial charge in [0.2, 0.25) is 5.91 Å². The Balaban J connectivity index is 2.58. The maximum atomic E-state index is 11.2. The Morgan fingerprint density at radius 1 is 1.44 bits per heavy atom. The number of aromatic carboxylic acids is 1. The van der Waals surface area contributed by atoms with Gasteiger partial charge in [0.05, 0.1) is 13.0 Å². The number of rotatable bonds is 7. The van der Waals surface area contributed by atoms with Crippen LogP contribution in [0.5, 0.6) is 5.75 Å². The van der Waals surface area contributed by atoms with Crippen molar-refractivity contribution in [3.8, 4) is 5.75 Å². The molecule has 1 aromatic rings. The van der Waals surface area contributed by atoms with E-state index < -0.39 is 5.97 Å². The largest absolute Gasteiger partial charge is 0.491 e. The van der Waals surface area contributed by atoms with Crippen molar-refractivity contribution in [3.63, 3.8) is 0 Å². The van der Waals surface area contributed by atoms with E-state index in [-0.39, 0.29) is 23.8 Å². The van der Waals surface area contributed by atoms with Crippen LogP contribution in [0.1, 0.15) is 34.8 Å². The monoisotopic (exact) mass is 271 g/mol. The topological polar surface area (TPSA) is 75.6 Å². The molecule has 5 nitrogen and oxygen atoms in total. The van der Waals surface area contributed by atoms with Gasteiger partial charge in [0, 0.05) is 11.4 Å². The first-order valence-corrected chi connectivity index (χ1v) is 6.65. The van der Waals surface area contributed by atoms with Crippen LogP contribution in [0, 0.1) is 0 Å². The Hall–Kier alpha value is -1.56. The fourth-order valence-corrected chi connectivity index (χ4v) is 2.27. The number of carboxylic acids is 1. The minimum absolute atomic E-state index is 0.0969. The zero-order valence-corrected chi connectivity index (χ0v) is 11.3. The molecule has 0 aliphatic carbocycles. The lowest BCUT2D eigenvalue weighted by Crippen LogP contribution is -2.24. The molecule has 0 bridgehead atoms. The maximum Gasteiger partial charge on any atom is 0.349 e. The van der Waals surface area contributed by atoms with Crippen molar-refractivity contribution < 1.29 is 19.4 Å². The normalized spacial score (nSPS) is 10.1. The molecule has 6 heteroatoms. The molecule has 1 aromatic heterocycles. The van der Waals surface area contributed by atoms with Gasteiger partial charge in [-0.1, -0.05) is 6.92 Å². The Morgan fingerprint density at radius 3 is 2.72 bits per heavy atom. The van der Waals surface area contributed by atoms with Crippen molar-refractivity contribution in [1.82, 2.24) is 5.32 Å². The predicted octanol–water partition coefficient (Wildman–Crippen LogP) is 1.91. The quantitative estimate of drug-likeness (QED) is 0.794. The van der Waals surface area contributed by atoms with Gasteiger partial charge in [-0.2, -0.15) is 0 Å². The third-order valence-electron chi connectivity index (χ3n) is 2.25. The van der Waals surface area contributed by atoms with Gasteiger partial charge in [0.15, 0.2) is 4.88 Å². The number of amides is 1. The van der Waals surface area contributed by atoms with E-state index in [9.17, 15) is 9.59 Å². The zero-order valence-electron chi connectivity index (χ0n) is 10.5. The summed E-state index contributed by atoms with van der Waals surface area (Å²) in [4.78, 5) is 23.4. The summed E-state index contributed by atoms with van der Waals surface area (Å²) in [6.45, 7) is 4.56. The fraction of sp³-hybridized carbons (Fsp3) is 0.500. The standard InChI is InChI=1S/C12H17NO4S/c1-3-8-7-9(11(18-8)12(15)16)17-6-5-10(14)13-4-2/h7H,3-6H2,1-2H3,(H,13,14)(H,15,16). The summed E-state index contributed by atoms with van der Waals surface area (Å²) in [6, 6.07) is 1.73. The van der Waals surface area contributed by atoms with Crippen LogP contribution in [0.2, 0.25) is 0 Å². The van der Waals surface area contributed by atoms with E-state index in [2.05, 4.69) is 5.32 Å². The second kappa shape index (κ2) is 7.00. The number of aryl methyl sites for hydroxylation is 1. The molecule has 100 valence electrons. The summed E-state index contributed by atoms with van der Waals surface area (Å²) in [5.41, 5.74) is 0. The summed E-state index contributed by atoms with van der Waals surface area (Å²) in [6.07, 6.45) is 0.995. The Morgan fingerprint density at radius 2 is 2.17 bits per heavy atom. The number of carboxylic acid groups (broad SMARTS) is 1. The van der Waals surface area contributed by atoms with Crippen LogP contribution in [0.15, 0.2) is 6.07 Å². The molecule has 0 spiro atoms. The van der Waals surface area contributed by atoms with E-state index in [1.54, 1.807) is 6.07 Å². The van der Waals surface area contributed by atoms with Crippen LogP contribution < -0.4 is 10.1 Å². The van der Waals surface area contributed by atoms with Gasteiger partial charge < -0.3 is 15.2 Å². The van der Waals surface area contributed by atoms with Crippen LogP contribution in [0.3, 0.4) is 0 Å². The molecule has 18 heavy (non-hydrogen) atoms. The number of ether oxygens (including phenoxy) is 1. The molecule has 0 aliphatic heterocycles. The molecule has 2 N–H and O–H groups in total. The molecule has 0 atom stereocenters. The molecule has 1 rings (SSSR count). The highest BCUT2D eigenvalue weighted by atomic mass is 32.1. The van der Waals surface area contributed by atoms with Crippen LogP contribution in [-0.2, 0) is 11.2 Å². The first-order chi connectivity index (χ1) is 8.58. The van der Waals surface area contributed by atoms with Crippen molar-refractivity contribution in [3.05, 3.63) is 15.8 Å². The highest BCUT2D eigenvalue weighted by Gasteiger charge is 2.16. The minimum atomic E-state index is -0.993. The van der Waals surface area contributed by atoms with Crippen molar-refractivity contribution in [2.75, 3.05) is 13.2 Å². The number of hydrogen-bond donors (Lipinski definition) is 2. The molecule has 0 saturated carbocycles. The molecule has 0 saturated heterocycles. The van der Waals surface area contributed by atoms with Gasteiger partial charge in [-0.25, -0.2) is 4.79 Å². The summed E-state index contributed by atoms with van der Waals surface area (Å²) < 4.78 is 5.37. The van der Waals surface area contributed by atoms with E-state index in [4.69, 9.17) is 9.84 Å². The minimum Gasteiger partial charge on any atom is -0.491 e. The molecule has 0 aliphatic rings. The second-order valence-corrected chi connectivity index (χ2v) is 4.75. The molecule has 1 amide bonds. The zero-order chi connectivity index (χ0) is 13.5. The molecule has 0 radical (unpaired) electrons. The van der Waals surface area contributed by atoms with Gasteiger partial charge in [-0.05, 0) is 19.4 Å². The van der Waals surface area contributed by atoms with Crippen molar-refractivity contribution >= 4 is 23.2 Å². The Kier molecular flexibility index (Phi) is 5.64. The van der Waals surface area contributed by atoms with Crippen LogP contribution in [0.25, 0.3) is 0 Å². The van der Waals surface area contributed by atoms with E-state index in [0.29, 0.717) is 12.3 Å². The number of nitrogens with one attached hydrogen (secondary N) is 1. The van der Waals surface area contributed by atoms with Crippen molar-refractivity contribution in [2.24, 2.45) is 0 Å². The first kappa shape index (κ1) is 14.5. The third-order valence-corrected chi connectivity index (χ3v) is 3.50. The third kappa shape index (κ3) is 4.03. The summed E-state index contributed by atoms with van der Waals surface area (Å²) in [7, 11) is 0. The Bertz CT molecular complexity index is 428. The molecule has 0 fully saturated rings. The van der Waals surface area contributed by atoms with E-state index in [0.717, 1.165) is 11.3 Å². The van der Waals surface area contributed by atoms with Crippen molar-refractivity contribution in [1.29, 1.82) is 0 Å². The first-order valence-electron chi connectivity index (χ1n) is 5.84. The van der Waals surface area contributed by atoms with Crippen LogP contribution in [-0.4, -0.2) is 30.1 Å². The fourth-order valence-electron chi connectivity index (χ4n) is 1.39. The number of carbonyl (C=O) groups is 2. The molecular formula is C12H17NO4S.